The molecule has 1 saturated heterocycles. The molecule has 2 aromatic rings. The average molecular weight is 505 g/mol. The molecule has 7 nitrogen and oxygen atoms in total. The number of hydrogen-bond acceptors (Lipinski definition) is 6. The Morgan fingerprint density at radius 1 is 1.29 bits per heavy atom. The molecule has 190 valence electrons. The molecular weight excluding hydrogens is 471 g/mol. The van der Waals surface area contributed by atoms with E-state index in [1.807, 2.05) is 0 Å². The van der Waals surface area contributed by atoms with Gasteiger partial charge in [-0.25, -0.2) is 14.4 Å². The Hall–Kier alpha value is -2.45. The summed E-state index contributed by atoms with van der Waals surface area (Å²) in [7, 11) is 1.66. The maximum atomic E-state index is 14.5. The molecule has 0 bridgehead atoms. The normalized spacial score (nSPS) is 20.1. The Labute approximate surface area is 211 Å². The van der Waals surface area contributed by atoms with Crippen molar-refractivity contribution in [1.82, 2.24) is 14.9 Å². The number of amides is 1. The highest BCUT2D eigenvalue weighted by Crippen LogP contribution is 2.49. The fraction of sp³-hybridized carbons (Fsp3) is 0.577. The van der Waals surface area contributed by atoms with E-state index in [0.29, 0.717) is 41.8 Å². The maximum absolute atomic E-state index is 14.5. The van der Waals surface area contributed by atoms with Crippen molar-refractivity contribution in [3.8, 4) is 5.75 Å². The Morgan fingerprint density at radius 2 is 2.03 bits per heavy atom. The third-order valence-corrected chi connectivity index (χ3v) is 7.41. The minimum absolute atomic E-state index is 0.000751. The Morgan fingerprint density at radius 3 is 2.71 bits per heavy atom. The van der Waals surface area contributed by atoms with Crippen molar-refractivity contribution < 1.29 is 19.0 Å². The number of carbonyl (C=O) groups excluding carboxylic acids is 1. The van der Waals surface area contributed by atoms with Gasteiger partial charge in [0, 0.05) is 39.4 Å². The number of ether oxygens (including phenoxy) is 1. The second-order valence-corrected chi connectivity index (χ2v) is 10.1. The summed E-state index contributed by atoms with van der Waals surface area (Å²) in [6, 6.07) is 4.73. The van der Waals surface area contributed by atoms with Gasteiger partial charge in [-0.15, -0.1) is 0 Å². The SMILES string of the molecule is CN(CCCO)C(=O)Cc1ccc(OCC[C@@H]2CC2C2CCN(c3ncc(Cl)cn3)CC2)cc1F. The molecule has 1 aliphatic carbocycles. The van der Waals surface area contributed by atoms with E-state index in [9.17, 15) is 9.18 Å². The first-order valence-corrected chi connectivity index (χ1v) is 12.8. The van der Waals surface area contributed by atoms with Gasteiger partial charge >= 0.3 is 0 Å². The standard InChI is InChI=1S/C26H34ClFN4O3/c1-31(8-2-11-33)25(34)14-20-3-4-22(15-24(20)28)35-12-7-19-13-23(19)18-5-9-32(10-6-18)26-29-16-21(27)17-30-26/h3-4,15-19,23,33H,2,5-14H2,1H3/t19-,23?/m1/s1. The molecule has 1 amide bonds. The highest BCUT2D eigenvalue weighted by atomic mass is 35.5. The van der Waals surface area contributed by atoms with Crippen LogP contribution in [0.15, 0.2) is 30.6 Å². The van der Waals surface area contributed by atoms with Gasteiger partial charge in [-0.2, -0.15) is 0 Å². The predicted molar refractivity (Wildman–Crippen MR) is 133 cm³/mol. The molecule has 2 fully saturated rings. The van der Waals surface area contributed by atoms with Crippen LogP contribution in [0.4, 0.5) is 10.3 Å². The molecule has 1 N–H and O–H groups in total. The summed E-state index contributed by atoms with van der Waals surface area (Å²) < 4.78 is 20.3. The largest absolute Gasteiger partial charge is 0.493 e. The van der Waals surface area contributed by atoms with E-state index in [0.717, 1.165) is 50.1 Å². The van der Waals surface area contributed by atoms with Crippen LogP contribution < -0.4 is 9.64 Å². The van der Waals surface area contributed by atoms with E-state index < -0.39 is 5.82 Å². The van der Waals surface area contributed by atoms with Crippen LogP contribution in [0.1, 0.15) is 37.7 Å². The number of rotatable bonds is 11. The minimum Gasteiger partial charge on any atom is -0.493 e. The molecule has 0 spiro atoms. The fourth-order valence-corrected chi connectivity index (χ4v) is 5.09. The number of hydrogen-bond donors (Lipinski definition) is 1. The monoisotopic (exact) mass is 504 g/mol. The lowest BCUT2D eigenvalue weighted by molar-refractivity contribution is -0.129. The van der Waals surface area contributed by atoms with Crippen molar-refractivity contribution in [2.45, 2.75) is 38.5 Å². The van der Waals surface area contributed by atoms with Crippen molar-refractivity contribution in [2.24, 2.45) is 17.8 Å². The van der Waals surface area contributed by atoms with Crippen LogP contribution in [0.2, 0.25) is 5.02 Å². The number of nitrogens with zero attached hydrogens (tertiary/aromatic N) is 4. The zero-order valence-electron chi connectivity index (χ0n) is 20.2. The van der Waals surface area contributed by atoms with Crippen LogP contribution in [0.3, 0.4) is 0 Å². The van der Waals surface area contributed by atoms with Crippen LogP contribution in [-0.4, -0.2) is 65.8 Å². The predicted octanol–water partition coefficient (Wildman–Crippen LogP) is 3.97. The van der Waals surface area contributed by atoms with E-state index in [-0.39, 0.29) is 18.9 Å². The molecule has 9 heteroatoms. The van der Waals surface area contributed by atoms with Crippen molar-refractivity contribution in [3.63, 3.8) is 0 Å². The summed E-state index contributed by atoms with van der Waals surface area (Å²) in [5.41, 5.74) is 0.357. The number of aliphatic hydroxyl groups excluding tert-OH is 1. The van der Waals surface area contributed by atoms with Crippen LogP contribution >= 0.6 is 11.6 Å². The molecule has 2 aliphatic rings. The third-order valence-electron chi connectivity index (χ3n) is 7.21. The molecule has 4 rings (SSSR count). The van der Waals surface area contributed by atoms with Gasteiger partial charge < -0.3 is 19.6 Å². The van der Waals surface area contributed by atoms with Crippen LogP contribution in [0, 0.1) is 23.6 Å². The van der Waals surface area contributed by atoms with Gasteiger partial charge in [0.1, 0.15) is 11.6 Å². The Bertz CT molecular complexity index is 985. The minimum atomic E-state index is -0.424. The van der Waals surface area contributed by atoms with E-state index >= 15 is 0 Å². The van der Waals surface area contributed by atoms with Crippen LogP contribution in [0.5, 0.6) is 5.75 Å². The van der Waals surface area contributed by atoms with E-state index in [4.69, 9.17) is 21.4 Å². The smallest absolute Gasteiger partial charge is 0.226 e. The topological polar surface area (TPSA) is 78.8 Å². The molecule has 1 aromatic heterocycles. The van der Waals surface area contributed by atoms with Crippen molar-refractivity contribution in [2.75, 3.05) is 44.8 Å². The summed E-state index contributed by atoms with van der Waals surface area (Å²) >= 11 is 5.88. The number of aromatic nitrogens is 2. The highest BCUT2D eigenvalue weighted by Gasteiger charge is 2.43. The zero-order chi connectivity index (χ0) is 24.8. The molecule has 2 atom stereocenters. The first kappa shape index (κ1) is 25.6. The lowest BCUT2D eigenvalue weighted by Crippen LogP contribution is -2.35. The van der Waals surface area contributed by atoms with E-state index in [1.165, 1.54) is 17.4 Å². The lowest BCUT2D eigenvalue weighted by atomic mass is 9.90. The lowest BCUT2D eigenvalue weighted by Gasteiger charge is -2.32. The second kappa shape index (κ2) is 12.0. The van der Waals surface area contributed by atoms with Gasteiger partial charge in [0.25, 0.3) is 0 Å². The van der Waals surface area contributed by atoms with Crippen LogP contribution in [0.25, 0.3) is 0 Å². The maximum Gasteiger partial charge on any atom is 0.226 e. The molecule has 2 heterocycles. The molecule has 1 aromatic carbocycles. The van der Waals surface area contributed by atoms with E-state index in [1.54, 1.807) is 31.6 Å². The quantitative estimate of drug-likeness (QED) is 0.499. The molecule has 0 radical (unpaired) electrons. The molecule has 1 unspecified atom stereocenters. The number of benzene rings is 1. The van der Waals surface area contributed by atoms with Crippen molar-refractivity contribution in [3.05, 3.63) is 47.0 Å². The van der Waals surface area contributed by atoms with Gasteiger partial charge in [-0.3, -0.25) is 4.79 Å². The first-order chi connectivity index (χ1) is 16.9. The number of likely N-dealkylation sites (N-methyl/N-ethyl adjacent to an activating group) is 1. The average Bonchev–Trinajstić information content (AvgIpc) is 3.64. The van der Waals surface area contributed by atoms with E-state index in [2.05, 4.69) is 14.9 Å². The van der Waals surface area contributed by atoms with Crippen LogP contribution in [-0.2, 0) is 11.2 Å². The van der Waals surface area contributed by atoms with Gasteiger partial charge in [0.05, 0.1) is 30.4 Å². The van der Waals surface area contributed by atoms with Gasteiger partial charge in [-0.1, -0.05) is 17.7 Å². The summed E-state index contributed by atoms with van der Waals surface area (Å²) in [5, 5.41) is 9.44. The third kappa shape index (κ3) is 7.04. The molecule has 1 aliphatic heterocycles. The second-order valence-electron chi connectivity index (χ2n) is 9.64. The molecule has 1 saturated carbocycles. The number of halogens is 2. The van der Waals surface area contributed by atoms with Crippen molar-refractivity contribution >= 4 is 23.5 Å². The highest BCUT2D eigenvalue weighted by molar-refractivity contribution is 6.30. The number of aliphatic hydroxyl groups is 1. The first-order valence-electron chi connectivity index (χ1n) is 12.4. The van der Waals surface area contributed by atoms with Crippen molar-refractivity contribution in [1.29, 1.82) is 0 Å². The summed E-state index contributed by atoms with van der Waals surface area (Å²) in [6.07, 6.45) is 8.31. The van der Waals surface area contributed by atoms with Gasteiger partial charge in [-0.05, 0) is 61.5 Å². The number of carbonyl (C=O) groups is 1. The summed E-state index contributed by atoms with van der Waals surface area (Å²) in [6.45, 7) is 2.99. The summed E-state index contributed by atoms with van der Waals surface area (Å²) in [4.78, 5) is 24.6. The number of anilines is 1. The summed E-state index contributed by atoms with van der Waals surface area (Å²) in [5.74, 6) is 2.82. The Balaban J connectivity index is 1.16. The molecule has 35 heavy (non-hydrogen) atoms. The number of piperidine rings is 1. The van der Waals surface area contributed by atoms with Gasteiger partial charge in [0.2, 0.25) is 11.9 Å². The Kier molecular flexibility index (Phi) is 8.78. The fourth-order valence-electron chi connectivity index (χ4n) is 5.00. The molecular formula is C26H34ClFN4O3. The van der Waals surface area contributed by atoms with Gasteiger partial charge in [0.15, 0.2) is 0 Å². The zero-order valence-corrected chi connectivity index (χ0v) is 21.0.